The topological polar surface area (TPSA) is 55.8 Å². The zero-order valence-corrected chi connectivity index (χ0v) is 11.6. The van der Waals surface area contributed by atoms with Crippen LogP contribution in [0.5, 0.6) is 0 Å². The van der Waals surface area contributed by atoms with Crippen LogP contribution in [0.15, 0.2) is 0 Å². The summed E-state index contributed by atoms with van der Waals surface area (Å²) in [5.41, 5.74) is 0. The lowest BCUT2D eigenvalue weighted by atomic mass is 9.96. The fourth-order valence-electron chi connectivity index (χ4n) is 2.85. The van der Waals surface area contributed by atoms with Gasteiger partial charge in [0, 0.05) is 13.2 Å². The van der Waals surface area contributed by atoms with Crippen LogP contribution in [0.4, 0.5) is 0 Å². The van der Waals surface area contributed by atoms with Crippen LogP contribution in [0, 0.1) is 5.92 Å². The number of carbonyl (C=O) groups is 2. The maximum absolute atomic E-state index is 12.5. The van der Waals surface area contributed by atoms with Gasteiger partial charge in [0.1, 0.15) is 6.04 Å². The van der Waals surface area contributed by atoms with E-state index in [1.54, 1.807) is 11.8 Å². The Bertz CT molecular complexity index is 325. The highest BCUT2D eigenvalue weighted by atomic mass is 16.5. The van der Waals surface area contributed by atoms with Gasteiger partial charge in [-0.15, -0.1) is 0 Å². The van der Waals surface area contributed by atoms with E-state index in [1.165, 1.54) is 0 Å². The lowest BCUT2D eigenvalue weighted by Crippen LogP contribution is -2.51. The van der Waals surface area contributed by atoms with Gasteiger partial charge in [-0.3, -0.25) is 4.79 Å². The van der Waals surface area contributed by atoms with Crippen molar-refractivity contribution >= 4 is 11.9 Å². The van der Waals surface area contributed by atoms with E-state index in [0.29, 0.717) is 19.8 Å². The Kier molecular flexibility index (Phi) is 5.19. The first-order valence-corrected chi connectivity index (χ1v) is 7.29. The quantitative estimate of drug-likeness (QED) is 0.726. The van der Waals surface area contributed by atoms with Crippen molar-refractivity contribution in [3.05, 3.63) is 0 Å². The summed E-state index contributed by atoms with van der Waals surface area (Å²) in [5, 5.41) is 0. The molecule has 1 amide bonds. The summed E-state index contributed by atoms with van der Waals surface area (Å²) in [6.45, 7) is 4.06. The molecule has 5 heteroatoms. The van der Waals surface area contributed by atoms with Crippen molar-refractivity contribution in [2.75, 3.05) is 26.4 Å². The molecule has 0 N–H and O–H groups in total. The van der Waals surface area contributed by atoms with E-state index in [4.69, 9.17) is 9.47 Å². The number of amides is 1. The maximum atomic E-state index is 12.5. The van der Waals surface area contributed by atoms with Gasteiger partial charge in [-0.25, -0.2) is 4.79 Å². The standard InChI is InChI=1S/C14H23NO4/c1-2-19-14(17)12-7-3-4-8-15(12)13(16)11-6-5-9-18-10-11/h11-12H,2-10H2,1H3. The summed E-state index contributed by atoms with van der Waals surface area (Å²) >= 11 is 0. The van der Waals surface area contributed by atoms with Crippen LogP contribution < -0.4 is 0 Å². The minimum Gasteiger partial charge on any atom is -0.464 e. The second-order valence-electron chi connectivity index (χ2n) is 5.21. The molecule has 0 aromatic heterocycles. The van der Waals surface area contributed by atoms with Crippen LogP contribution in [0.25, 0.3) is 0 Å². The van der Waals surface area contributed by atoms with Gasteiger partial charge < -0.3 is 14.4 Å². The Morgan fingerprint density at radius 3 is 2.79 bits per heavy atom. The molecular formula is C14H23NO4. The summed E-state index contributed by atoms with van der Waals surface area (Å²) < 4.78 is 10.5. The third kappa shape index (κ3) is 3.47. The molecule has 19 heavy (non-hydrogen) atoms. The number of hydrogen-bond acceptors (Lipinski definition) is 4. The van der Waals surface area contributed by atoms with Crippen molar-refractivity contribution in [3.63, 3.8) is 0 Å². The van der Waals surface area contributed by atoms with E-state index in [-0.39, 0.29) is 23.8 Å². The molecule has 0 aromatic rings. The molecule has 108 valence electrons. The summed E-state index contributed by atoms with van der Waals surface area (Å²) in [5.74, 6) is -0.270. The summed E-state index contributed by atoms with van der Waals surface area (Å²) in [6, 6.07) is -0.386. The zero-order chi connectivity index (χ0) is 13.7. The number of likely N-dealkylation sites (tertiary alicyclic amines) is 1. The Hall–Kier alpha value is -1.10. The van der Waals surface area contributed by atoms with Crippen molar-refractivity contribution in [1.29, 1.82) is 0 Å². The predicted octanol–water partition coefficient (Wildman–Crippen LogP) is 1.36. The predicted molar refractivity (Wildman–Crippen MR) is 69.5 cm³/mol. The molecule has 2 fully saturated rings. The molecule has 2 heterocycles. The van der Waals surface area contributed by atoms with E-state index in [2.05, 4.69) is 0 Å². The number of ether oxygens (including phenoxy) is 2. The summed E-state index contributed by atoms with van der Waals surface area (Å²) in [4.78, 5) is 26.2. The van der Waals surface area contributed by atoms with Crippen LogP contribution in [0.1, 0.15) is 39.0 Å². The number of carbonyl (C=O) groups excluding carboxylic acids is 2. The van der Waals surface area contributed by atoms with E-state index in [1.807, 2.05) is 0 Å². The second kappa shape index (κ2) is 6.89. The van der Waals surface area contributed by atoms with Crippen LogP contribution in [-0.4, -0.2) is 49.2 Å². The minimum atomic E-state index is -0.386. The van der Waals surface area contributed by atoms with E-state index >= 15 is 0 Å². The van der Waals surface area contributed by atoms with Gasteiger partial charge in [-0.1, -0.05) is 0 Å². The average Bonchev–Trinajstić information content (AvgIpc) is 2.47. The monoisotopic (exact) mass is 269 g/mol. The van der Waals surface area contributed by atoms with Crippen molar-refractivity contribution in [1.82, 2.24) is 4.90 Å². The van der Waals surface area contributed by atoms with Crippen molar-refractivity contribution in [2.24, 2.45) is 5.92 Å². The molecule has 0 aromatic carbocycles. The van der Waals surface area contributed by atoms with E-state index < -0.39 is 0 Å². The SMILES string of the molecule is CCOC(=O)C1CCCCN1C(=O)C1CCCOC1. The normalized spacial score (nSPS) is 27.9. The molecule has 0 bridgehead atoms. The first-order chi connectivity index (χ1) is 9.24. The van der Waals surface area contributed by atoms with Crippen LogP contribution >= 0.6 is 0 Å². The number of piperidine rings is 1. The molecule has 0 saturated carbocycles. The fourth-order valence-corrected chi connectivity index (χ4v) is 2.85. The Balaban J connectivity index is 2.01. The van der Waals surface area contributed by atoms with Gasteiger partial charge in [0.25, 0.3) is 0 Å². The lowest BCUT2D eigenvalue weighted by molar-refractivity contribution is -0.159. The highest BCUT2D eigenvalue weighted by molar-refractivity contribution is 5.86. The smallest absolute Gasteiger partial charge is 0.328 e. The molecular weight excluding hydrogens is 246 g/mol. The lowest BCUT2D eigenvalue weighted by Gasteiger charge is -2.37. The Morgan fingerprint density at radius 1 is 1.26 bits per heavy atom. The molecule has 2 atom stereocenters. The Labute approximate surface area is 114 Å². The molecule has 5 nitrogen and oxygen atoms in total. The van der Waals surface area contributed by atoms with Gasteiger partial charge in [0.15, 0.2) is 0 Å². The van der Waals surface area contributed by atoms with Gasteiger partial charge in [0.2, 0.25) is 5.91 Å². The summed E-state index contributed by atoms with van der Waals surface area (Å²) in [7, 11) is 0. The summed E-state index contributed by atoms with van der Waals surface area (Å²) in [6.07, 6.45) is 4.46. The van der Waals surface area contributed by atoms with Gasteiger partial charge in [-0.05, 0) is 39.0 Å². The average molecular weight is 269 g/mol. The Morgan fingerprint density at radius 2 is 2.11 bits per heavy atom. The molecule has 2 rings (SSSR count). The van der Waals surface area contributed by atoms with Gasteiger partial charge >= 0.3 is 5.97 Å². The van der Waals surface area contributed by atoms with Crippen molar-refractivity contribution in [2.45, 2.75) is 45.1 Å². The third-order valence-electron chi connectivity index (χ3n) is 3.85. The largest absolute Gasteiger partial charge is 0.464 e. The van der Waals surface area contributed by atoms with E-state index in [9.17, 15) is 9.59 Å². The van der Waals surface area contributed by atoms with Crippen molar-refractivity contribution in [3.8, 4) is 0 Å². The molecule has 2 aliphatic heterocycles. The molecule has 2 unspecified atom stereocenters. The molecule has 2 aliphatic rings. The number of nitrogens with zero attached hydrogens (tertiary/aromatic N) is 1. The van der Waals surface area contributed by atoms with Crippen LogP contribution in [0.2, 0.25) is 0 Å². The van der Waals surface area contributed by atoms with E-state index in [0.717, 1.165) is 38.7 Å². The van der Waals surface area contributed by atoms with Crippen LogP contribution in [-0.2, 0) is 19.1 Å². The maximum Gasteiger partial charge on any atom is 0.328 e. The molecule has 2 saturated heterocycles. The molecule has 0 aliphatic carbocycles. The van der Waals surface area contributed by atoms with Crippen molar-refractivity contribution < 1.29 is 19.1 Å². The fraction of sp³-hybridized carbons (Fsp3) is 0.857. The first kappa shape index (κ1) is 14.3. The number of esters is 1. The van der Waals surface area contributed by atoms with Gasteiger partial charge in [-0.2, -0.15) is 0 Å². The van der Waals surface area contributed by atoms with Gasteiger partial charge in [0.05, 0.1) is 19.1 Å². The highest BCUT2D eigenvalue weighted by Crippen LogP contribution is 2.24. The molecule has 0 radical (unpaired) electrons. The third-order valence-corrected chi connectivity index (χ3v) is 3.85. The molecule has 0 spiro atoms. The first-order valence-electron chi connectivity index (χ1n) is 7.29. The minimum absolute atomic E-state index is 0.0671. The van der Waals surface area contributed by atoms with Crippen LogP contribution in [0.3, 0.4) is 0 Å². The second-order valence-corrected chi connectivity index (χ2v) is 5.21. The highest BCUT2D eigenvalue weighted by Gasteiger charge is 2.36. The number of rotatable bonds is 3. The zero-order valence-electron chi connectivity index (χ0n) is 11.6. The number of hydrogen-bond donors (Lipinski definition) is 0.